The number of benzene rings is 1. The molecule has 2 rings (SSSR count). The Hall–Kier alpha value is -2.36. The van der Waals surface area contributed by atoms with Gasteiger partial charge in [0.15, 0.2) is 0 Å². The predicted octanol–water partition coefficient (Wildman–Crippen LogP) is 3.46. The standard InChI is InChI=1S/C16H19N3O/c1-11(2)17-15-9-5-8-14(19-15)16(20)18-13-7-4-6-12(3)10-13/h4-11H,1-3H3,(H,17,19)(H,18,20). The number of aryl methyl sites for hydroxylation is 1. The molecule has 0 bridgehead atoms. The third-order valence-corrected chi connectivity index (χ3v) is 2.69. The van der Waals surface area contributed by atoms with E-state index in [0.717, 1.165) is 11.3 Å². The number of carbonyl (C=O) groups excluding carboxylic acids is 1. The van der Waals surface area contributed by atoms with E-state index in [-0.39, 0.29) is 11.9 Å². The molecule has 2 N–H and O–H groups in total. The molecule has 20 heavy (non-hydrogen) atoms. The van der Waals surface area contributed by atoms with Crippen molar-refractivity contribution in [2.45, 2.75) is 26.8 Å². The maximum Gasteiger partial charge on any atom is 0.274 e. The van der Waals surface area contributed by atoms with E-state index < -0.39 is 0 Å². The van der Waals surface area contributed by atoms with Gasteiger partial charge in [-0.05, 0) is 50.6 Å². The smallest absolute Gasteiger partial charge is 0.274 e. The lowest BCUT2D eigenvalue weighted by Gasteiger charge is -2.10. The second kappa shape index (κ2) is 6.19. The highest BCUT2D eigenvalue weighted by Gasteiger charge is 2.08. The first-order valence-corrected chi connectivity index (χ1v) is 6.66. The highest BCUT2D eigenvalue weighted by Crippen LogP contribution is 2.12. The maximum atomic E-state index is 12.2. The van der Waals surface area contributed by atoms with Crippen molar-refractivity contribution in [1.29, 1.82) is 0 Å². The molecule has 0 aliphatic carbocycles. The molecule has 0 radical (unpaired) electrons. The fraction of sp³-hybridized carbons (Fsp3) is 0.250. The molecule has 0 aliphatic rings. The number of rotatable bonds is 4. The van der Waals surface area contributed by atoms with Crippen molar-refractivity contribution in [2.75, 3.05) is 10.6 Å². The van der Waals surface area contributed by atoms with Gasteiger partial charge in [0.2, 0.25) is 0 Å². The molecular weight excluding hydrogens is 250 g/mol. The Morgan fingerprint density at radius 1 is 1.15 bits per heavy atom. The zero-order chi connectivity index (χ0) is 14.5. The number of carbonyl (C=O) groups is 1. The molecule has 4 nitrogen and oxygen atoms in total. The van der Waals surface area contributed by atoms with Crippen LogP contribution in [0.25, 0.3) is 0 Å². The molecule has 2 aromatic rings. The van der Waals surface area contributed by atoms with Crippen molar-refractivity contribution in [3.05, 3.63) is 53.7 Å². The summed E-state index contributed by atoms with van der Waals surface area (Å²) in [6.07, 6.45) is 0. The molecule has 0 fully saturated rings. The molecular formula is C16H19N3O. The van der Waals surface area contributed by atoms with E-state index in [2.05, 4.69) is 15.6 Å². The van der Waals surface area contributed by atoms with Crippen LogP contribution < -0.4 is 10.6 Å². The molecule has 0 saturated carbocycles. The van der Waals surface area contributed by atoms with Crippen LogP contribution in [-0.2, 0) is 0 Å². The van der Waals surface area contributed by atoms with E-state index in [1.807, 2.05) is 57.2 Å². The Morgan fingerprint density at radius 2 is 1.90 bits per heavy atom. The first kappa shape index (κ1) is 14.1. The lowest BCUT2D eigenvalue weighted by molar-refractivity contribution is 0.102. The monoisotopic (exact) mass is 269 g/mol. The lowest BCUT2D eigenvalue weighted by Crippen LogP contribution is -2.16. The topological polar surface area (TPSA) is 54.0 Å². The molecule has 1 heterocycles. The zero-order valence-electron chi connectivity index (χ0n) is 12.0. The normalized spacial score (nSPS) is 10.4. The Morgan fingerprint density at radius 3 is 2.60 bits per heavy atom. The third kappa shape index (κ3) is 3.82. The van der Waals surface area contributed by atoms with Gasteiger partial charge in [-0.25, -0.2) is 4.98 Å². The molecule has 0 spiro atoms. The van der Waals surface area contributed by atoms with Crippen LogP contribution in [0.3, 0.4) is 0 Å². The SMILES string of the molecule is Cc1cccc(NC(=O)c2cccc(NC(C)C)n2)c1. The Bertz CT molecular complexity index is 608. The summed E-state index contributed by atoms with van der Waals surface area (Å²) in [5.41, 5.74) is 2.28. The molecule has 0 aliphatic heterocycles. The first-order chi connectivity index (χ1) is 9.54. The van der Waals surface area contributed by atoms with Gasteiger partial charge in [0.1, 0.15) is 11.5 Å². The summed E-state index contributed by atoms with van der Waals surface area (Å²) in [6, 6.07) is 13.3. The number of hydrogen-bond donors (Lipinski definition) is 2. The minimum Gasteiger partial charge on any atom is -0.368 e. The van der Waals surface area contributed by atoms with Crippen LogP contribution in [-0.4, -0.2) is 16.9 Å². The quantitative estimate of drug-likeness (QED) is 0.893. The highest BCUT2D eigenvalue weighted by atomic mass is 16.1. The summed E-state index contributed by atoms with van der Waals surface area (Å²) < 4.78 is 0. The number of nitrogens with one attached hydrogen (secondary N) is 2. The van der Waals surface area contributed by atoms with Gasteiger partial charge < -0.3 is 10.6 Å². The molecule has 0 saturated heterocycles. The number of nitrogens with zero attached hydrogens (tertiary/aromatic N) is 1. The van der Waals surface area contributed by atoms with Crippen molar-refractivity contribution in [1.82, 2.24) is 4.98 Å². The van der Waals surface area contributed by atoms with Crippen molar-refractivity contribution in [2.24, 2.45) is 0 Å². The largest absolute Gasteiger partial charge is 0.368 e. The molecule has 0 unspecified atom stereocenters. The second-order valence-corrected chi connectivity index (χ2v) is 5.03. The number of pyridine rings is 1. The van der Waals surface area contributed by atoms with Crippen LogP contribution >= 0.6 is 0 Å². The minimum absolute atomic E-state index is 0.206. The summed E-state index contributed by atoms with van der Waals surface area (Å²) in [5.74, 6) is 0.500. The molecule has 4 heteroatoms. The van der Waals surface area contributed by atoms with Gasteiger partial charge in [-0.2, -0.15) is 0 Å². The molecule has 1 aromatic carbocycles. The summed E-state index contributed by atoms with van der Waals surface area (Å²) >= 11 is 0. The number of aromatic nitrogens is 1. The zero-order valence-corrected chi connectivity index (χ0v) is 12.0. The van der Waals surface area contributed by atoms with Crippen LogP contribution in [0.5, 0.6) is 0 Å². The summed E-state index contributed by atoms with van der Waals surface area (Å²) in [6.45, 7) is 6.05. The summed E-state index contributed by atoms with van der Waals surface area (Å²) in [7, 11) is 0. The Labute approximate surface area is 119 Å². The summed E-state index contributed by atoms with van der Waals surface area (Å²) in [4.78, 5) is 16.5. The number of anilines is 2. The van der Waals surface area contributed by atoms with Crippen molar-refractivity contribution < 1.29 is 4.79 Å². The molecule has 0 atom stereocenters. The highest BCUT2D eigenvalue weighted by molar-refractivity contribution is 6.03. The van der Waals surface area contributed by atoms with Gasteiger partial charge in [-0.1, -0.05) is 18.2 Å². The van der Waals surface area contributed by atoms with Crippen LogP contribution in [0.2, 0.25) is 0 Å². The minimum atomic E-state index is -0.206. The number of hydrogen-bond acceptors (Lipinski definition) is 3. The second-order valence-electron chi connectivity index (χ2n) is 5.03. The average Bonchev–Trinajstić information content (AvgIpc) is 2.38. The van der Waals surface area contributed by atoms with E-state index in [1.54, 1.807) is 6.07 Å². The van der Waals surface area contributed by atoms with Gasteiger partial charge in [-0.15, -0.1) is 0 Å². The van der Waals surface area contributed by atoms with Crippen molar-refractivity contribution in [3.8, 4) is 0 Å². The molecule has 1 amide bonds. The molecule has 104 valence electrons. The maximum absolute atomic E-state index is 12.2. The van der Waals surface area contributed by atoms with Gasteiger partial charge >= 0.3 is 0 Å². The van der Waals surface area contributed by atoms with Crippen molar-refractivity contribution in [3.63, 3.8) is 0 Å². The van der Waals surface area contributed by atoms with E-state index >= 15 is 0 Å². The molecule has 1 aromatic heterocycles. The number of amides is 1. The van der Waals surface area contributed by atoms with Gasteiger partial charge in [0.05, 0.1) is 0 Å². The Balaban J connectivity index is 2.13. The van der Waals surface area contributed by atoms with Gasteiger partial charge in [0.25, 0.3) is 5.91 Å². The lowest BCUT2D eigenvalue weighted by atomic mass is 10.2. The van der Waals surface area contributed by atoms with Crippen molar-refractivity contribution >= 4 is 17.4 Å². The van der Waals surface area contributed by atoms with Crippen LogP contribution in [0.4, 0.5) is 11.5 Å². The van der Waals surface area contributed by atoms with Crippen LogP contribution in [0.15, 0.2) is 42.5 Å². The first-order valence-electron chi connectivity index (χ1n) is 6.66. The van der Waals surface area contributed by atoms with Crippen LogP contribution in [0, 0.1) is 6.92 Å². The van der Waals surface area contributed by atoms with Gasteiger partial charge in [-0.3, -0.25) is 4.79 Å². The predicted molar refractivity (Wildman–Crippen MR) is 82.1 cm³/mol. The summed E-state index contributed by atoms with van der Waals surface area (Å²) in [5, 5.41) is 6.03. The van der Waals surface area contributed by atoms with Crippen LogP contribution in [0.1, 0.15) is 29.9 Å². The fourth-order valence-corrected chi connectivity index (χ4v) is 1.86. The van der Waals surface area contributed by atoms with E-state index in [1.165, 1.54) is 0 Å². The fourth-order valence-electron chi connectivity index (χ4n) is 1.86. The third-order valence-electron chi connectivity index (χ3n) is 2.69. The average molecular weight is 269 g/mol. The van der Waals surface area contributed by atoms with Gasteiger partial charge in [0, 0.05) is 11.7 Å². The van der Waals surface area contributed by atoms with E-state index in [4.69, 9.17) is 0 Å². The Kier molecular flexibility index (Phi) is 4.35. The van der Waals surface area contributed by atoms with E-state index in [0.29, 0.717) is 11.5 Å². The van der Waals surface area contributed by atoms with E-state index in [9.17, 15) is 4.79 Å².